The Morgan fingerprint density at radius 2 is 1.59 bits per heavy atom. The van der Waals surface area contributed by atoms with Gasteiger partial charge in [-0.1, -0.05) is 27.7 Å². The highest BCUT2D eigenvalue weighted by Crippen LogP contribution is 2.29. The van der Waals surface area contributed by atoms with Gasteiger partial charge in [0.15, 0.2) is 0 Å². The van der Waals surface area contributed by atoms with Crippen LogP contribution < -0.4 is 5.32 Å². The van der Waals surface area contributed by atoms with E-state index >= 15 is 0 Å². The lowest BCUT2D eigenvalue weighted by molar-refractivity contribution is -0.143. The lowest BCUT2D eigenvalue weighted by Crippen LogP contribution is -2.51. The fourth-order valence-electron chi connectivity index (χ4n) is 2.36. The molecule has 1 rings (SSSR count). The van der Waals surface area contributed by atoms with Gasteiger partial charge in [-0.15, -0.1) is 0 Å². The van der Waals surface area contributed by atoms with Crippen LogP contribution in [-0.2, 0) is 9.53 Å². The van der Waals surface area contributed by atoms with Crippen LogP contribution in [0.5, 0.6) is 0 Å². The monoisotopic (exact) mass is 312 g/mol. The minimum Gasteiger partial charge on any atom is -0.444 e. The maximum Gasteiger partial charge on any atom is 0.407 e. The molecule has 0 bridgehead atoms. The van der Waals surface area contributed by atoms with Crippen molar-refractivity contribution in [2.75, 3.05) is 13.1 Å². The average molecular weight is 312 g/mol. The number of nitrogens with zero attached hydrogens (tertiary/aromatic N) is 1. The summed E-state index contributed by atoms with van der Waals surface area (Å²) in [5.41, 5.74) is -0.826. The van der Waals surface area contributed by atoms with Crippen LogP contribution in [0.25, 0.3) is 0 Å². The molecule has 1 aliphatic heterocycles. The number of hydrogen-bond donors (Lipinski definition) is 1. The number of hydrogen-bond acceptors (Lipinski definition) is 3. The topological polar surface area (TPSA) is 58.6 Å². The van der Waals surface area contributed by atoms with Crippen LogP contribution in [0.15, 0.2) is 0 Å². The number of carbonyl (C=O) groups excluding carboxylic acids is 2. The van der Waals surface area contributed by atoms with Gasteiger partial charge in [-0.05, 0) is 39.5 Å². The maximum absolute atomic E-state index is 12.6. The Morgan fingerprint density at radius 1 is 1.09 bits per heavy atom. The smallest absolute Gasteiger partial charge is 0.407 e. The number of carbonyl (C=O) groups is 2. The number of alkyl carbamates (subject to hydrolysis) is 1. The Morgan fingerprint density at radius 3 is 2.00 bits per heavy atom. The summed E-state index contributed by atoms with van der Waals surface area (Å²) in [6.07, 6.45) is 1.18. The Bertz CT molecular complexity index is 403. The van der Waals surface area contributed by atoms with Crippen molar-refractivity contribution in [2.45, 2.75) is 73.0 Å². The lowest BCUT2D eigenvalue weighted by Gasteiger charge is -2.38. The molecular formula is C17H32N2O3. The second kappa shape index (κ2) is 6.88. The van der Waals surface area contributed by atoms with Crippen LogP contribution in [0.2, 0.25) is 0 Å². The summed E-state index contributed by atoms with van der Waals surface area (Å²) in [6.45, 7) is 15.1. The second-order valence-electron chi connectivity index (χ2n) is 8.09. The van der Waals surface area contributed by atoms with Gasteiger partial charge in [-0.3, -0.25) is 4.79 Å². The van der Waals surface area contributed by atoms with Gasteiger partial charge in [0, 0.05) is 24.5 Å². The molecular weight excluding hydrogens is 280 g/mol. The average Bonchev–Trinajstić information content (AvgIpc) is 2.36. The molecule has 1 fully saturated rings. The first-order valence-corrected chi connectivity index (χ1v) is 8.22. The van der Waals surface area contributed by atoms with E-state index in [1.165, 1.54) is 0 Å². The predicted octanol–water partition coefficient (Wildman–Crippen LogP) is 3.18. The van der Waals surface area contributed by atoms with Crippen LogP contribution >= 0.6 is 0 Å². The van der Waals surface area contributed by atoms with Crippen LogP contribution in [0.1, 0.15) is 61.3 Å². The maximum atomic E-state index is 12.6. The molecule has 128 valence electrons. The number of amides is 2. The van der Waals surface area contributed by atoms with Crippen molar-refractivity contribution in [1.29, 1.82) is 0 Å². The number of rotatable bonds is 3. The highest BCUT2D eigenvalue weighted by molar-refractivity contribution is 5.82. The van der Waals surface area contributed by atoms with E-state index in [1.807, 2.05) is 39.5 Å². The normalized spacial score (nSPS) is 17.5. The summed E-state index contributed by atoms with van der Waals surface area (Å²) in [5.74, 6) is 0.510. The number of piperidine rings is 1. The molecule has 0 aromatic rings. The Hall–Kier alpha value is -1.26. The van der Waals surface area contributed by atoms with Crippen LogP contribution in [0, 0.1) is 11.3 Å². The number of likely N-dealkylation sites (tertiary alicyclic amines) is 1. The molecule has 1 N–H and O–H groups in total. The Kier molecular flexibility index (Phi) is 5.88. The van der Waals surface area contributed by atoms with E-state index < -0.39 is 5.60 Å². The summed E-state index contributed by atoms with van der Waals surface area (Å²) in [5, 5.41) is 2.90. The summed E-state index contributed by atoms with van der Waals surface area (Å²) in [7, 11) is 0. The van der Waals surface area contributed by atoms with E-state index in [0.29, 0.717) is 19.0 Å². The van der Waals surface area contributed by atoms with Crippen molar-refractivity contribution in [3.63, 3.8) is 0 Å². The minimum atomic E-state index is -0.484. The summed E-state index contributed by atoms with van der Waals surface area (Å²) in [4.78, 5) is 26.3. The van der Waals surface area contributed by atoms with E-state index in [4.69, 9.17) is 4.74 Å². The van der Waals surface area contributed by atoms with E-state index in [0.717, 1.165) is 12.8 Å². The van der Waals surface area contributed by atoms with Gasteiger partial charge < -0.3 is 15.0 Å². The molecule has 0 unspecified atom stereocenters. The molecule has 0 aliphatic carbocycles. The zero-order chi connectivity index (χ0) is 17.1. The summed E-state index contributed by atoms with van der Waals surface area (Å²) in [6, 6.07) is 0.0843. The van der Waals surface area contributed by atoms with Crippen molar-refractivity contribution < 1.29 is 14.3 Å². The molecule has 5 heteroatoms. The van der Waals surface area contributed by atoms with Gasteiger partial charge in [0.25, 0.3) is 0 Å². The van der Waals surface area contributed by atoms with Gasteiger partial charge in [0.1, 0.15) is 5.60 Å². The molecule has 0 aromatic carbocycles. The van der Waals surface area contributed by atoms with Crippen molar-refractivity contribution >= 4 is 12.0 Å². The number of ether oxygens (including phenoxy) is 1. The van der Waals surface area contributed by atoms with Crippen molar-refractivity contribution in [3.8, 4) is 0 Å². The highest BCUT2D eigenvalue weighted by atomic mass is 16.6. The molecule has 1 aliphatic rings. The molecule has 2 amide bonds. The zero-order valence-corrected chi connectivity index (χ0v) is 15.2. The summed E-state index contributed by atoms with van der Waals surface area (Å²) < 4.78 is 5.27. The molecule has 5 nitrogen and oxygen atoms in total. The molecule has 0 spiro atoms. The largest absolute Gasteiger partial charge is 0.444 e. The van der Waals surface area contributed by atoms with E-state index in [2.05, 4.69) is 19.2 Å². The Labute approximate surface area is 134 Å². The van der Waals surface area contributed by atoms with E-state index in [-0.39, 0.29) is 23.5 Å². The third-order valence-corrected chi connectivity index (χ3v) is 4.50. The zero-order valence-electron chi connectivity index (χ0n) is 15.2. The predicted molar refractivity (Wildman–Crippen MR) is 87.6 cm³/mol. The fourth-order valence-corrected chi connectivity index (χ4v) is 2.36. The van der Waals surface area contributed by atoms with E-state index in [1.54, 1.807) is 0 Å². The molecule has 0 aromatic heterocycles. The van der Waals surface area contributed by atoms with Crippen LogP contribution in [-0.4, -0.2) is 41.6 Å². The molecule has 1 heterocycles. The first-order chi connectivity index (χ1) is 9.93. The van der Waals surface area contributed by atoms with Gasteiger partial charge >= 0.3 is 6.09 Å². The third-order valence-electron chi connectivity index (χ3n) is 4.50. The molecule has 22 heavy (non-hydrogen) atoms. The third kappa shape index (κ3) is 5.18. The first kappa shape index (κ1) is 18.8. The molecule has 1 saturated heterocycles. The van der Waals surface area contributed by atoms with Crippen LogP contribution in [0.4, 0.5) is 4.79 Å². The van der Waals surface area contributed by atoms with Gasteiger partial charge in [0.2, 0.25) is 5.91 Å². The van der Waals surface area contributed by atoms with E-state index in [9.17, 15) is 9.59 Å². The van der Waals surface area contributed by atoms with Crippen molar-refractivity contribution in [3.05, 3.63) is 0 Å². The number of nitrogens with one attached hydrogen (secondary N) is 1. The van der Waals surface area contributed by atoms with Crippen LogP contribution in [0.3, 0.4) is 0 Å². The van der Waals surface area contributed by atoms with Crippen molar-refractivity contribution in [2.24, 2.45) is 11.3 Å². The Balaban J connectivity index is 2.47. The summed E-state index contributed by atoms with van der Waals surface area (Å²) >= 11 is 0. The minimum absolute atomic E-state index is 0.0843. The lowest BCUT2D eigenvalue weighted by atomic mass is 9.79. The van der Waals surface area contributed by atoms with Gasteiger partial charge in [-0.25, -0.2) is 4.79 Å². The second-order valence-corrected chi connectivity index (χ2v) is 8.09. The quantitative estimate of drug-likeness (QED) is 0.870. The van der Waals surface area contributed by atoms with Gasteiger partial charge in [-0.2, -0.15) is 0 Å². The molecule has 0 radical (unpaired) electrons. The first-order valence-electron chi connectivity index (χ1n) is 8.22. The van der Waals surface area contributed by atoms with Crippen molar-refractivity contribution in [1.82, 2.24) is 10.2 Å². The fraction of sp³-hybridized carbons (Fsp3) is 0.882. The SMILES string of the molecule is CC(C)C(C)(C)C(=O)N1CCC(NC(=O)OC(C)(C)C)CC1. The highest BCUT2D eigenvalue weighted by Gasteiger charge is 2.36. The molecule has 0 saturated carbocycles. The molecule has 0 atom stereocenters. The van der Waals surface area contributed by atoms with Gasteiger partial charge in [0.05, 0.1) is 0 Å². The standard InChI is InChI=1S/C17H32N2O3/c1-12(2)17(6,7)14(20)19-10-8-13(9-11-19)18-15(21)22-16(3,4)5/h12-13H,8-11H2,1-7H3,(H,18,21).